The Kier molecular flexibility index (Phi) is 10.3. The lowest BCUT2D eigenvalue weighted by Crippen LogP contribution is -2.38. The van der Waals surface area contributed by atoms with E-state index in [1.807, 2.05) is 84.9 Å². The Bertz CT molecular complexity index is 2100. The van der Waals surface area contributed by atoms with Crippen LogP contribution in [0.25, 0.3) is 11.2 Å². The Morgan fingerprint density at radius 1 is 0.865 bits per heavy atom. The molecule has 1 amide bonds. The molecule has 1 saturated heterocycles. The number of fused-ring (bicyclic) bond motifs is 1. The van der Waals surface area contributed by atoms with E-state index in [4.69, 9.17) is 23.5 Å². The van der Waals surface area contributed by atoms with Crippen LogP contribution in [0.2, 0.25) is 0 Å². The van der Waals surface area contributed by atoms with Gasteiger partial charge in [-0.15, -0.1) is 4.52 Å². The highest BCUT2D eigenvalue weighted by atomic mass is 31.1. The predicted molar refractivity (Wildman–Crippen MR) is 189 cm³/mol. The van der Waals surface area contributed by atoms with Gasteiger partial charge in [0.2, 0.25) is 0 Å². The number of methoxy groups -OCH3 is 2. The van der Waals surface area contributed by atoms with Gasteiger partial charge in [0.15, 0.2) is 17.0 Å². The molecule has 2 aromatic heterocycles. The largest absolute Gasteiger partial charge is 0.566 e. The second-order valence-corrected chi connectivity index (χ2v) is 12.6. The van der Waals surface area contributed by atoms with Crippen LogP contribution in [-0.4, -0.2) is 58.5 Å². The number of benzene rings is 4. The number of ether oxygens (including phenoxy) is 4. The first kappa shape index (κ1) is 34.9. The van der Waals surface area contributed by atoms with E-state index in [2.05, 4.69) is 20.3 Å². The number of imidazole rings is 1. The molecule has 1 unspecified atom stereocenters. The Balaban J connectivity index is 1.22. The smallest absolute Gasteiger partial charge is 0.488 e. The van der Waals surface area contributed by atoms with Crippen LogP contribution in [0.3, 0.4) is 0 Å². The first-order chi connectivity index (χ1) is 25.4. The van der Waals surface area contributed by atoms with Crippen LogP contribution < -0.4 is 19.7 Å². The number of rotatable bonds is 13. The fraction of sp³-hybridized carbons (Fsp3) is 0.211. The van der Waals surface area contributed by atoms with Gasteiger partial charge in [0, 0.05) is 12.0 Å². The number of anilines is 1. The van der Waals surface area contributed by atoms with E-state index in [0.717, 1.165) is 16.7 Å². The average molecular weight is 720 g/mol. The van der Waals surface area contributed by atoms with E-state index < -0.39 is 32.3 Å². The first-order valence-electron chi connectivity index (χ1n) is 16.4. The predicted octanol–water partition coefficient (Wildman–Crippen LogP) is 5.79. The van der Waals surface area contributed by atoms with Crippen LogP contribution >= 0.6 is 8.25 Å². The maximum Gasteiger partial charge on any atom is 0.488 e. The van der Waals surface area contributed by atoms with Gasteiger partial charge < -0.3 is 29.2 Å². The van der Waals surface area contributed by atoms with Gasteiger partial charge in [-0.1, -0.05) is 72.8 Å². The summed E-state index contributed by atoms with van der Waals surface area (Å²) < 4.78 is 43.5. The number of hydrogen-bond acceptors (Lipinski definition) is 11. The maximum atomic E-state index is 12.9. The third kappa shape index (κ3) is 7.00. The molecule has 14 heteroatoms. The second kappa shape index (κ2) is 15.4. The molecule has 0 bridgehead atoms. The molecule has 264 valence electrons. The third-order valence-electron chi connectivity index (χ3n) is 8.98. The number of amides is 1. The molecule has 0 spiro atoms. The lowest BCUT2D eigenvalue weighted by Gasteiger charge is -2.37. The molecule has 1 N–H and O–H groups in total. The molecule has 6 aromatic rings. The Morgan fingerprint density at radius 3 is 2.06 bits per heavy atom. The van der Waals surface area contributed by atoms with Crippen molar-refractivity contribution in [1.82, 2.24) is 19.5 Å². The fourth-order valence-electron chi connectivity index (χ4n) is 6.45. The van der Waals surface area contributed by atoms with Gasteiger partial charge in [-0.3, -0.25) is 9.36 Å². The average Bonchev–Trinajstić information content (AvgIpc) is 3.80. The van der Waals surface area contributed by atoms with Gasteiger partial charge in [-0.05, 0) is 57.7 Å². The van der Waals surface area contributed by atoms with Gasteiger partial charge >= 0.3 is 8.25 Å². The molecule has 0 saturated carbocycles. The minimum Gasteiger partial charge on any atom is -0.566 e. The minimum atomic E-state index is -3.23. The highest BCUT2D eigenvalue weighted by Gasteiger charge is 2.45. The number of hydrogen-bond donors (Lipinski definition) is 1. The van der Waals surface area contributed by atoms with E-state index in [0.29, 0.717) is 28.2 Å². The van der Waals surface area contributed by atoms with Crippen molar-refractivity contribution in [2.75, 3.05) is 26.1 Å². The first-order valence-corrected chi connectivity index (χ1v) is 17.5. The van der Waals surface area contributed by atoms with E-state index in [1.54, 1.807) is 43.1 Å². The summed E-state index contributed by atoms with van der Waals surface area (Å²) in [5, 5.41) is 2.80. The van der Waals surface area contributed by atoms with Crippen LogP contribution in [0.4, 0.5) is 5.82 Å². The third-order valence-corrected chi connectivity index (χ3v) is 9.42. The summed E-state index contributed by atoms with van der Waals surface area (Å²) in [5.74, 6) is 1.22. The molecule has 4 atom stereocenters. The number of nitrogens with zero attached hydrogens (tertiary/aromatic N) is 4. The lowest BCUT2D eigenvalue weighted by molar-refractivity contribution is -0.192. The van der Waals surface area contributed by atoms with E-state index in [-0.39, 0.29) is 24.8 Å². The number of aromatic nitrogens is 4. The zero-order chi connectivity index (χ0) is 36.1. The van der Waals surface area contributed by atoms with Crippen molar-refractivity contribution < 1.29 is 37.7 Å². The summed E-state index contributed by atoms with van der Waals surface area (Å²) in [6, 6.07) is 33.6. The Hall–Kier alpha value is -5.56. The van der Waals surface area contributed by atoms with Gasteiger partial charge in [-0.25, -0.2) is 15.0 Å². The molecule has 13 nitrogen and oxygen atoms in total. The summed E-state index contributed by atoms with van der Waals surface area (Å²) in [7, 11) is -0.0245. The van der Waals surface area contributed by atoms with Gasteiger partial charge in [0.05, 0.1) is 27.2 Å². The summed E-state index contributed by atoms with van der Waals surface area (Å²) in [6.45, 7) is -0.0721. The van der Waals surface area contributed by atoms with Crippen molar-refractivity contribution in [1.29, 1.82) is 0 Å². The Morgan fingerprint density at radius 2 is 1.46 bits per heavy atom. The van der Waals surface area contributed by atoms with Crippen molar-refractivity contribution in [3.63, 3.8) is 0 Å². The van der Waals surface area contributed by atoms with Crippen molar-refractivity contribution in [2.45, 2.75) is 30.5 Å². The standard InChI is InChI=1S/C38H34N5O8P/c1-47-29-17-13-27(14-18-29)38(26-11-7-4-8-12-26,28-15-19-30(48-2)20-16-28)49-22-32-31(51-52(45)46)21-33(50-32)43-24-41-34-35(39-23-40-36(34)43)42-37(44)25-9-5-3-6-10-25/h3-20,23-24,31-33H,21-22H2,1-2H3,(H,39,40,42,44)/t31-,32+,33+/m0/s1. The molecule has 4 aromatic carbocycles. The number of nitrogens with one attached hydrogen (secondary N) is 1. The Labute approximate surface area is 300 Å². The molecule has 3 heterocycles. The number of carbonyl (C=O) groups is 1. The number of carbonyl (C=O) groups excluding carboxylic acids is 1. The monoisotopic (exact) mass is 719 g/mol. The molecule has 7 rings (SSSR count). The maximum absolute atomic E-state index is 12.9. The van der Waals surface area contributed by atoms with Crippen molar-refractivity contribution >= 4 is 31.1 Å². The summed E-state index contributed by atoms with van der Waals surface area (Å²) in [4.78, 5) is 38.0. The molecule has 1 aliphatic rings. The van der Waals surface area contributed by atoms with E-state index in [9.17, 15) is 14.3 Å². The SMILES string of the molecule is COc1ccc(C(OC[C@H]2O[C@@H](n3cnc4c(NC(=O)c5ccccc5)ncnc43)C[C@@H]2O[P+](=O)[O-])(c2ccccc2)c2ccc(OC)cc2)cc1. The van der Waals surface area contributed by atoms with Crippen LogP contribution in [0.1, 0.15) is 39.7 Å². The van der Waals surface area contributed by atoms with Gasteiger partial charge in [0.1, 0.15) is 41.9 Å². The van der Waals surface area contributed by atoms with Crippen molar-refractivity contribution in [3.05, 3.63) is 144 Å². The van der Waals surface area contributed by atoms with Crippen molar-refractivity contribution in [3.8, 4) is 11.5 Å². The van der Waals surface area contributed by atoms with Crippen LogP contribution in [0.5, 0.6) is 11.5 Å². The van der Waals surface area contributed by atoms with Crippen LogP contribution in [-0.2, 0) is 24.2 Å². The summed E-state index contributed by atoms with van der Waals surface area (Å²) >= 11 is 0. The van der Waals surface area contributed by atoms with E-state index >= 15 is 0 Å². The van der Waals surface area contributed by atoms with E-state index in [1.165, 1.54) is 12.7 Å². The molecule has 1 aliphatic heterocycles. The normalized spacial score (nSPS) is 17.5. The summed E-state index contributed by atoms with van der Waals surface area (Å²) in [6.07, 6.45) is 0.498. The highest BCUT2D eigenvalue weighted by molar-refractivity contribution is 7.30. The molecule has 1 fully saturated rings. The lowest BCUT2D eigenvalue weighted by atomic mass is 9.80. The zero-order valence-electron chi connectivity index (χ0n) is 28.2. The van der Waals surface area contributed by atoms with Gasteiger partial charge in [0.25, 0.3) is 5.91 Å². The zero-order valence-corrected chi connectivity index (χ0v) is 29.1. The van der Waals surface area contributed by atoms with Gasteiger partial charge in [-0.2, -0.15) is 0 Å². The second-order valence-electron chi connectivity index (χ2n) is 11.9. The minimum absolute atomic E-state index is 0.0721. The quantitative estimate of drug-likeness (QED) is 0.114. The van der Waals surface area contributed by atoms with Crippen LogP contribution in [0, 0.1) is 0 Å². The fourth-order valence-corrected chi connectivity index (χ4v) is 6.89. The molecular formula is C38H34N5O8P. The molecular weight excluding hydrogens is 685 g/mol. The highest BCUT2D eigenvalue weighted by Crippen LogP contribution is 2.44. The topological polar surface area (TPSA) is 159 Å². The molecule has 52 heavy (non-hydrogen) atoms. The molecule has 0 aliphatic carbocycles. The van der Waals surface area contributed by atoms with Crippen molar-refractivity contribution in [2.24, 2.45) is 0 Å². The molecule has 0 radical (unpaired) electrons. The summed E-state index contributed by atoms with van der Waals surface area (Å²) in [5.41, 5.74) is 2.43. The van der Waals surface area contributed by atoms with Crippen LogP contribution in [0.15, 0.2) is 122 Å².